The second-order valence-electron chi connectivity index (χ2n) is 7.17. The molecule has 29 heavy (non-hydrogen) atoms. The molecule has 4 rings (SSSR count). The highest BCUT2D eigenvalue weighted by molar-refractivity contribution is 5.75. The Kier molecular flexibility index (Phi) is 5.42. The van der Waals surface area contributed by atoms with Crippen LogP contribution in [-0.2, 0) is 10.3 Å². The van der Waals surface area contributed by atoms with Gasteiger partial charge in [0.25, 0.3) is 0 Å². The van der Waals surface area contributed by atoms with Gasteiger partial charge < -0.3 is 14.7 Å². The topological polar surface area (TPSA) is 80.5 Å². The molecule has 0 radical (unpaired) electrons. The number of carbonyl (C=O) groups is 1. The Morgan fingerprint density at radius 1 is 1.03 bits per heavy atom. The van der Waals surface area contributed by atoms with Crippen molar-refractivity contribution in [1.82, 2.24) is 19.9 Å². The van der Waals surface area contributed by atoms with Crippen molar-refractivity contribution in [2.24, 2.45) is 0 Å². The predicted molar refractivity (Wildman–Crippen MR) is 107 cm³/mol. The van der Waals surface area contributed by atoms with E-state index in [0.29, 0.717) is 29.9 Å². The fourth-order valence-corrected chi connectivity index (χ4v) is 3.75. The molecule has 1 aliphatic heterocycles. The van der Waals surface area contributed by atoms with E-state index >= 15 is 0 Å². The van der Waals surface area contributed by atoms with Crippen molar-refractivity contribution in [1.29, 1.82) is 0 Å². The molecule has 0 aliphatic carbocycles. The van der Waals surface area contributed by atoms with Crippen LogP contribution in [0.2, 0.25) is 0 Å². The van der Waals surface area contributed by atoms with E-state index in [1.165, 1.54) is 6.20 Å². The first-order chi connectivity index (χ1) is 14.1. The van der Waals surface area contributed by atoms with Crippen molar-refractivity contribution in [3.8, 4) is 0 Å². The minimum absolute atomic E-state index is 0.182. The number of hydrogen-bond donors (Lipinski definition) is 1. The molecule has 150 valence electrons. The summed E-state index contributed by atoms with van der Waals surface area (Å²) in [5.41, 5.74) is 0.109. The van der Waals surface area contributed by atoms with Crippen LogP contribution >= 0.6 is 0 Å². The molecule has 1 amide bonds. The number of nitrogens with zero attached hydrogens (tertiary/aromatic N) is 4. The zero-order valence-corrected chi connectivity index (χ0v) is 16.3. The van der Waals surface area contributed by atoms with Crippen molar-refractivity contribution in [2.75, 3.05) is 20.2 Å². The summed E-state index contributed by atoms with van der Waals surface area (Å²) in [7, 11) is 1.69. The van der Waals surface area contributed by atoms with Gasteiger partial charge in [0.15, 0.2) is 5.60 Å². The van der Waals surface area contributed by atoms with Gasteiger partial charge in [0.05, 0.1) is 12.3 Å². The zero-order valence-electron chi connectivity index (χ0n) is 16.3. The Labute approximate surface area is 169 Å². The number of hydrogen-bond acceptors (Lipinski definition) is 5. The van der Waals surface area contributed by atoms with Crippen LogP contribution in [0.4, 0.5) is 4.79 Å². The number of piperidine rings is 1. The Hall–Kier alpha value is -3.03. The molecule has 7 nitrogen and oxygen atoms in total. The molecule has 0 saturated carbocycles. The van der Waals surface area contributed by atoms with Gasteiger partial charge in [-0.3, -0.25) is 0 Å². The van der Waals surface area contributed by atoms with Gasteiger partial charge in [-0.05, 0) is 24.0 Å². The Bertz CT molecular complexity index is 911. The van der Waals surface area contributed by atoms with Gasteiger partial charge in [-0.2, -0.15) is 5.10 Å². The lowest BCUT2D eigenvalue weighted by Crippen LogP contribution is -2.43. The highest BCUT2D eigenvalue weighted by atomic mass is 16.5. The van der Waals surface area contributed by atoms with E-state index in [0.717, 1.165) is 17.6 Å². The maximum Gasteiger partial charge on any atom is 0.362 e. The van der Waals surface area contributed by atoms with Crippen LogP contribution in [0.5, 0.6) is 0 Å². The van der Waals surface area contributed by atoms with Crippen LogP contribution in [0.1, 0.15) is 29.7 Å². The van der Waals surface area contributed by atoms with Crippen molar-refractivity contribution in [2.45, 2.75) is 24.5 Å². The van der Waals surface area contributed by atoms with E-state index in [2.05, 4.69) is 10.2 Å². The quantitative estimate of drug-likeness (QED) is 0.738. The summed E-state index contributed by atoms with van der Waals surface area (Å²) in [5.74, 6) is 0. The molecule has 2 aromatic carbocycles. The molecule has 2 heterocycles. The Morgan fingerprint density at radius 3 is 2.10 bits per heavy atom. The first-order valence-corrected chi connectivity index (χ1v) is 9.71. The Balaban J connectivity index is 1.66. The number of carbonyl (C=O) groups excluding carboxylic acids is 1. The van der Waals surface area contributed by atoms with Gasteiger partial charge in [0, 0.05) is 20.2 Å². The van der Waals surface area contributed by atoms with Crippen molar-refractivity contribution >= 4 is 6.03 Å². The molecule has 0 unspecified atom stereocenters. The molecule has 7 heteroatoms. The average Bonchev–Trinajstić information content (AvgIpc) is 3.30. The summed E-state index contributed by atoms with van der Waals surface area (Å²) in [6.07, 6.45) is 3.21. The van der Waals surface area contributed by atoms with Gasteiger partial charge in [-0.25, -0.2) is 4.79 Å². The normalized spacial score (nSPS) is 15.4. The predicted octanol–water partition coefficient (Wildman–Crippen LogP) is 2.64. The summed E-state index contributed by atoms with van der Waals surface area (Å²) >= 11 is 0. The molecule has 0 atom stereocenters. The van der Waals surface area contributed by atoms with Crippen molar-refractivity contribution < 1.29 is 14.6 Å². The third-order valence-corrected chi connectivity index (χ3v) is 5.46. The number of ether oxygens (including phenoxy) is 1. The van der Waals surface area contributed by atoms with E-state index in [1.54, 1.807) is 12.0 Å². The fourth-order valence-electron chi connectivity index (χ4n) is 3.75. The first kappa shape index (κ1) is 19.3. The molecule has 1 aromatic heterocycles. The zero-order chi connectivity index (χ0) is 20.3. The lowest BCUT2D eigenvalue weighted by Gasteiger charge is -2.30. The van der Waals surface area contributed by atoms with E-state index < -0.39 is 5.60 Å². The molecular weight excluding hydrogens is 368 g/mol. The van der Waals surface area contributed by atoms with E-state index in [4.69, 9.17) is 4.74 Å². The SMILES string of the molecule is COC1CCN(C(=O)n2ncc(C(O)(c3ccccc3)c3ccccc3)n2)CC1. The van der Waals surface area contributed by atoms with E-state index in [1.807, 2.05) is 60.7 Å². The number of rotatable bonds is 4. The van der Waals surface area contributed by atoms with Crippen LogP contribution in [0.25, 0.3) is 0 Å². The van der Waals surface area contributed by atoms with Gasteiger partial charge in [0.2, 0.25) is 0 Å². The van der Waals surface area contributed by atoms with E-state index in [-0.39, 0.29) is 12.1 Å². The van der Waals surface area contributed by atoms with Crippen LogP contribution in [0, 0.1) is 0 Å². The third-order valence-electron chi connectivity index (χ3n) is 5.46. The van der Waals surface area contributed by atoms with Crippen LogP contribution < -0.4 is 0 Å². The van der Waals surface area contributed by atoms with Gasteiger partial charge >= 0.3 is 6.03 Å². The summed E-state index contributed by atoms with van der Waals surface area (Å²) in [6.45, 7) is 1.19. The second kappa shape index (κ2) is 8.14. The molecule has 1 fully saturated rings. The van der Waals surface area contributed by atoms with Crippen LogP contribution in [0.15, 0.2) is 66.9 Å². The smallest absolute Gasteiger partial charge is 0.362 e. The second-order valence-corrected chi connectivity index (χ2v) is 7.17. The van der Waals surface area contributed by atoms with Gasteiger partial charge in [0.1, 0.15) is 5.69 Å². The van der Waals surface area contributed by atoms with Crippen LogP contribution in [-0.4, -0.2) is 57.3 Å². The number of methoxy groups -OCH3 is 1. The molecular formula is C22H24N4O3. The highest BCUT2D eigenvalue weighted by Gasteiger charge is 2.37. The standard InChI is InChI=1S/C22H24N4O3/c1-29-19-12-14-25(15-13-19)21(27)26-23-16-20(24-26)22(28,17-8-4-2-5-9-17)18-10-6-3-7-11-18/h2-11,16,19,28H,12-15H2,1H3. The molecule has 0 bridgehead atoms. The summed E-state index contributed by atoms with van der Waals surface area (Å²) < 4.78 is 5.36. The number of amides is 1. The van der Waals surface area contributed by atoms with Crippen LogP contribution in [0.3, 0.4) is 0 Å². The van der Waals surface area contributed by atoms with E-state index in [9.17, 15) is 9.90 Å². The lowest BCUT2D eigenvalue weighted by atomic mass is 9.84. The number of likely N-dealkylation sites (tertiary alicyclic amines) is 1. The fraction of sp³-hybridized carbons (Fsp3) is 0.318. The summed E-state index contributed by atoms with van der Waals surface area (Å²) in [4.78, 5) is 15.6. The summed E-state index contributed by atoms with van der Waals surface area (Å²) in [5, 5.41) is 20.3. The molecule has 1 N–H and O–H groups in total. The maximum atomic E-state index is 12.8. The average molecular weight is 392 g/mol. The minimum atomic E-state index is -1.51. The maximum absolute atomic E-state index is 12.8. The Morgan fingerprint density at radius 2 is 1.59 bits per heavy atom. The largest absolute Gasteiger partial charge is 0.381 e. The number of aromatic nitrogens is 3. The minimum Gasteiger partial charge on any atom is -0.381 e. The molecule has 1 saturated heterocycles. The monoisotopic (exact) mass is 392 g/mol. The molecule has 3 aromatic rings. The third kappa shape index (κ3) is 3.66. The summed E-state index contributed by atoms with van der Waals surface area (Å²) in [6, 6.07) is 18.3. The molecule has 0 spiro atoms. The van der Waals surface area contributed by atoms with Crippen molar-refractivity contribution in [3.05, 3.63) is 83.7 Å². The lowest BCUT2D eigenvalue weighted by molar-refractivity contribution is 0.0496. The molecule has 1 aliphatic rings. The van der Waals surface area contributed by atoms with Gasteiger partial charge in [-0.1, -0.05) is 65.5 Å². The number of aliphatic hydroxyl groups is 1. The van der Waals surface area contributed by atoms with Gasteiger partial charge in [-0.15, -0.1) is 5.10 Å². The highest BCUT2D eigenvalue weighted by Crippen LogP contribution is 2.35. The first-order valence-electron chi connectivity index (χ1n) is 9.71. The van der Waals surface area contributed by atoms with Crippen molar-refractivity contribution in [3.63, 3.8) is 0 Å². The number of benzene rings is 2.